The number of hydrogen-bond donors (Lipinski definition) is 1. The molecule has 1 saturated heterocycles. The molecule has 1 fully saturated rings. The molecule has 0 atom stereocenters. The molecule has 0 spiro atoms. The molecule has 3 nitrogen and oxygen atoms in total. The Labute approximate surface area is 120 Å². The molecule has 19 heavy (non-hydrogen) atoms. The van der Waals surface area contributed by atoms with Gasteiger partial charge in [0, 0.05) is 31.7 Å². The maximum atomic E-state index is 6.16. The number of guanidine groups is 1. The predicted octanol–water partition coefficient (Wildman–Crippen LogP) is 3.15. The van der Waals surface area contributed by atoms with Gasteiger partial charge >= 0.3 is 0 Å². The van der Waals surface area contributed by atoms with Gasteiger partial charge in [-0.1, -0.05) is 36.7 Å². The minimum absolute atomic E-state index is 0.721. The first-order valence-electron chi connectivity index (χ1n) is 6.89. The first-order chi connectivity index (χ1) is 9.20. The molecule has 0 radical (unpaired) electrons. The molecule has 1 aromatic carbocycles. The van der Waals surface area contributed by atoms with Crippen LogP contribution >= 0.6 is 11.6 Å². The third kappa shape index (κ3) is 3.87. The van der Waals surface area contributed by atoms with Crippen molar-refractivity contribution in [3.63, 3.8) is 0 Å². The third-order valence-corrected chi connectivity index (χ3v) is 4.06. The van der Waals surface area contributed by atoms with Gasteiger partial charge in [0.1, 0.15) is 0 Å². The Bertz CT molecular complexity index is 437. The smallest absolute Gasteiger partial charge is 0.193 e. The molecule has 1 aliphatic heterocycles. The van der Waals surface area contributed by atoms with Gasteiger partial charge in [0.05, 0.1) is 0 Å². The van der Waals surface area contributed by atoms with Crippen LogP contribution in [0, 0.1) is 5.92 Å². The van der Waals surface area contributed by atoms with Crippen molar-refractivity contribution in [2.24, 2.45) is 10.9 Å². The normalized spacial score (nSPS) is 17.6. The van der Waals surface area contributed by atoms with E-state index >= 15 is 0 Å². The van der Waals surface area contributed by atoms with Gasteiger partial charge in [-0.25, -0.2) is 0 Å². The highest BCUT2D eigenvalue weighted by molar-refractivity contribution is 6.31. The van der Waals surface area contributed by atoms with Gasteiger partial charge in [-0.15, -0.1) is 0 Å². The lowest BCUT2D eigenvalue weighted by atomic mass is 10.00. The molecule has 0 unspecified atom stereocenters. The highest BCUT2D eigenvalue weighted by atomic mass is 35.5. The zero-order valence-electron chi connectivity index (χ0n) is 11.7. The van der Waals surface area contributed by atoms with Crippen LogP contribution < -0.4 is 5.32 Å². The van der Waals surface area contributed by atoms with Gasteiger partial charge in [-0.3, -0.25) is 4.99 Å². The van der Waals surface area contributed by atoms with E-state index in [4.69, 9.17) is 11.6 Å². The third-order valence-electron chi connectivity index (χ3n) is 3.69. The number of benzene rings is 1. The van der Waals surface area contributed by atoms with Crippen molar-refractivity contribution in [1.29, 1.82) is 0 Å². The zero-order valence-corrected chi connectivity index (χ0v) is 12.5. The summed E-state index contributed by atoms with van der Waals surface area (Å²) in [5.74, 6) is 1.81. The summed E-state index contributed by atoms with van der Waals surface area (Å²) in [4.78, 5) is 6.70. The van der Waals surface area contributed by atoms with Crippen molar-refractivity contribution >= 4 is 17.6 Å². The minimum Gasteiger partial charge on any atom is -0.352 e. The molecule has 1 aliphatic rings. The van der Waals surface area contributed by atoms with Crippen LogP contribution in [-0.4, -0.2) is 31.0 Å². The van der Waals surface area contributed by atoms with Crippen LogP contribution in [0.4, 0.5) is 0 Å². The Morgan fingerprint density at radius 2 is 2.05 bits per heavy atom. The lowest BCUT2D eigenvalue weighted by Crippen LogP contribution is -2.45. The van der Waals surface area contributed by atoms with Gasteiger partial charge in [-0.05, 0) is 30.4 Å². The van der Waals surface area contributed by atoms with Crippen LogP contribution in [0.2, 0.25) is 5.02 Å². The molecule has 0 aromatic heterocycles. The summed E-state index contributed by atoms with van der Waals surface area (Å²) in [6.45, 7) is 5.21. The summed E-state index contributed by atoms with van der Waals surface area (Å²) >= 11 is 6.16. The average molecular weight is 280 g/mol. The number of hydrogen-bond acceptors (Lipinski definition) is 1. The summed E-state index contributed by atoms with van der Waals surface area (Å²) < 4.78 is 0. The van der Waals surface area contributed by atoms with Crippen LogP contribution in [0.25, 0.3) is 0 Å². The number of halogens is 1. The van der Waals surface area contributed by atoms with Crippen LogP contribution in [0.3, 0.4) is 0 Å². The van der Waals surface area contributed by atoms with Gasteiger partial charge < -0.3 is 10.2 Å². The Morgan fingerprint density at radius 1 is 1.37 bits per heavy atom. The molecule has 4 heteroatoms. The van der Waals surface area contributed by atoms with Crippen molar-refractivity contribution in [3.8, 4) is 0 Å². The molecule has 0 aliphatic carbocycles. The SMILES string of the molecule is CN=C(NCc1ccccc1Cl)N1CCC(C)CC1. The van der Waals surface area contributed by atoms with Crippen molar-refractivity contribution in [3.05, 3.63) is 34.9 Å². The molecule has 0 amide bonds. The van der Waals surface area contributed by atoms with Gasteiger partial charge in [0.25, 0.3) is 0 Å². The lowest BCUT2D eigenvalue weighted by Gasteiger charge is -2.33. The van der Waals surface area contributed by atoms with E-state index in [1.165, 1.54) is 12.8 Å². The lowest BCUT2D eigenvalue weighted by molar-refractivity contribution is 0.273. The van der Waals surface area contributed by atoms with Crippen LogP contribution in [0.1, 0.15) is 25.3 Å². The largest absolute Gasteiger partial charge is 0.352 e. The topological polar surface area (TPSA) is 27.6 Å². The molecular weight excluding hydrogens is 258 g/mol. The van der Waals surface area contributed by atoms with Crippen molar-refractivity contribution in [2.75, 3.05) is 20.1 Å². The average Bonchev–Trinajstić information content (AvgIpc) is 2.43. The fourth-order valence-corrected chi connectivity index (χ4v) is 2.57. The molecule has 0 saturated carbocycles. The molecular formula is C15H22ClN3. The maximum Gasteiger partial charge on any atom is 0.193 e. The number of likely N-dealkylation sites (tertiary alicyclic amines) is 1. The number of nitrogens with zero attached hydrogens (tertiary/aromatic N) is 2. The summed E-state index contributed by atoms with van der Waals surface area (Å²) in [5, 5.41) is 4.21. The number of piperidine rings is 1. The van der Waals surface area contributed by atoms with E-state index < -0.39 is 0 Å². The highest BCUT2D eigenvalue weighted by Crippen LogP contribution is 2.17. The van der Waals surface area contributed by atoms with Crippen LogP contribution in [-0.2, 0) is 6.54 Å². The molecule has 1 heterocycles. The van der Waals surface area contributed by atoms with E-state index in [-0.39, 0.29) is 0 Å². The second kappa shape index (κ2) is 6.80. The summed E-state index contributed by atoms with van der Waals surface area (Å²) in [6.07, 6.45) is 2.49. The van der Waals surface area contributed by atoms with E-state index in [1.807, 2.05) is 31.3 Å². The Hall–Kier alpha value is -1.22. The summed E-state index contributed by atoms with van der Waals surface area (Å²) in [7, 11) is 1.84. The highest BCUT2D eigenvalue weighted by Gasteiger charge is 2.18. The van der Waals surface area contributed by atoms with Crippen molar-refractivity contribution in [1.82, 2.24) is 10.2 Å². The number of rotatable bonds is 2. The van der Waals surface area contributed by atoms with Gasteiger partial charge in [-0.2, -0.15) is 0 Å². The molecule has 0 bridgehead atoms. The monoisotopic (exact) mass is 279 g/mol. The van der Waals surface area contributed by atoms with E-state index in [0.29, 0.717) is 0 Å². The maximum absolute atomic E-state index is 6.16. The first kappa shape index (κ1) is 14.2. The molecule has 2 rings (SSSR count). The van der Waals surface area contributed by atoms with Crippen molar-refractivity contribution < 1.29 is 0 Å². The Kier molecular flexibility index (Phi) is 5.08. The standard InChI is InChI=1S/C15H22ClN3/c1-12-7-9-19(10-8-12)15(17-2)18-11-13-5-3-4-6-14(13)16/h3-6,12H,7-11H2,1-2H3,(H,17,18). The quantitative estimate of drug-likeness (QED) is 0.665. The Morgan fingerprint density at radius 3 is 2.68 bits per heavy atom. The van der Waals surface area contributed by atoms with Crippen molar-refractivity contribution in [2.45, 2.75) is 26.3 Å². The van der Waals surface area contributed by atoms with Crippen LogP contribution in [0.15, 0.2) is 29.3 Å². The fourth-order valence-electron chi connectivity index (χ4n) is 2.37. The zero-order chi connectivity index (χ0) is 13.7. The fraction of sp³-hybridized carbons (Fsp3) is 0.533. The second-order valence-corrected chi connectivity index (χ2v) is 5.57. The van der Waals surface area contributed by atoms with E-state index in [9.17, 15) is 0 Å². The van der Waals surface area contributed by atoms with Gasteiger partial charge in [0.15, 0.2) is 5.96 Å². The van der Waals surface area contributed by atoms with E-state index in [2.05, 4.69) is 22.1 Å². The van der Waals surface area contributed by atoms with Crippen LogP contribution in [0.5, 0.6) is 0 Å². The first-order valence-corrected chi connectivity index (χ1v) is 7.27. The second-order valence-electron chi connectivity index (χ2n) is 5.16. The van der Waals surface area contributed by atoms with E-state index in [0.717, 1.165) is 42.1 Å². The molecule has 1 aromatic rings. The summed E-state index contributed by atoms with van der Waals surface area (Å²) in [6, 6.07) is 7.92. The predicted molar refractivity (Wildman–Crippen MR) is 81.6 cm³/mol. The Balaban J connectivity index is 1.92. The molecule has 104 valence electrons. The summed E-state index contributed by atoms with van der Waals surface area (Å²) in [5.41, 5.74) is 1.11. The minimum atomic E-state index is 0.721. The number of nitrogens with one attached hydrogen (secondary N) is 1. The molecule has 1 N–H and O–H groups in total. The van der Waals surface area contributed by atoms with E-state index in [1.54, 1.807) is 0 Å². The van der Waals surface area contributed by atoms with Gasteiger partial charge in [0.2, 0.25) is 0 Å². The number of aliphatic imine (C=N–C) groups is 1.